The Balaban J connectivity index is 1.00. The second-order valence-corrected chi connectivity index (χ2v) is 33.4. The maximum absolute atomic E-state index is 14.3. The minimum absolute atomic E-state index is 0.111. The van der Waals surface area contributed by atoms with E-state index in [-0.39, 0.29) is 92.6 Å². The molecule has 0 amide bonds. The van der Waals surface area contributed by atoms with E-state index in [1.807, 2.05) is 54.0 Å². The lowest BCUT2D eigenvalue weighted by atomic mass is 9.79. The van der Waals surface area contributed by atoms with Gasteiger partial charge in [-0.25, -0.2) is 0 Å². The SMILES string of the molecule is CC(C)(C)c1cc(/C=N/[C@@H]2CCCC[C@H]2/N=C/c2cc(OC(=O)C3CCC=CCCCC(C(=O)Oc4cc(/C=N/[C@@H]5CCCC[C@H]5/N=C/c5cc(C(C)(C)C)cc(C(C)(C)C)c5O)c(O)c(C(C)(C)C)c4)CCC=CCCC3)cc(C(C)(C)C)c2O)c(O)c(C(C)(C)C)c1. The highest BCUT2D eigenvalue weighted by atomic mass is 16.5. The van der Waals surface area contributed by atoms with Gasteiger partial charge < -0.3 is 29.9 Å². The average molecular weight is 1290 g/mol. The van der Waals surface area contributed by atoms with Crippen LogP contribution in [0.2, 0.25) is 0 Å². The molecule has 0 radical (unpaired) electrons. The molecular weight excluding hydrogens is 1170 g/mol. The van der Waals surface area contributed by atoms with E-state index >= 15 is 0 Å². The van der Waals surface area contributed by atoms with Crippen LogP contribution in [0.1, 0.15) is 296 Å². The van der Waals surface area contributed by atoms with Crippen molar-refractivity contribution in [3.8, 4) is 34.5 Å². The van der Waals surface area contributed by atoms with Crippen molar-refractivity contribution >= 4 is 36.8 Å². The molecule has 12 nitrogen and oxygen atoms in total. The van der Waals surface area contributed by atoms with Crippen molar-refractivity contribution < 1.29 is 39.5 Å². The summed E-state index contributed by atoms with van der Waals surface area (Å²) in [4.78, 5) is 48.9. The minimum Gasteiger partial charge on any atom is -0.507 e. The number of hydrogen-bond acceptors (Lipinski definition) is 12. The highest BCUT2D eigenvalue weighted by Gasteiger charge is 2.32. The summed E-state index contributed by atoms with van der Waals surface area (Å²) in [5.41, 5.74) is 6.11. The smallest absolute Gasteiger partial charge is 0.314 e. The standard InChI is InChI=1S/C82H116N4O8/c1-77(2,3)59-41-55(71(87)63(45-59)79(7,8)9)49-83-67-37-29-31-39-69(67)85-51-57-43-61(47-65(73(57)89)81(13,14)15)93-75(91)53-33-25-21-19-23-27-35-54(36-28-24-20-22-26-34-53)76(92)94-62-44-58(74(90)66(48-62)82(16,17)18)52-86-70-40-32-30-38-68(70)84-50-56-42-60(78(4,5)6)46-64(72(56)88)80(10,11)12/h19-21,24,41-54,67-70,87-90H,22-23,25-40H2,1-18H3/b21-19?,24-20?,83-49+,84-50+,85-51+,86-52+/t53?,54?,67-,68-,69-,70-/m1/s1. The Bertz CT molecular complexity index is 3220. The molecule has 2 fully saturated rings. The first-order valence-electron chi connectivity index (χ1n) is 35.3. The maximum Gasteiger partial charge on any atom is 0.314 e. The van der Waals surface area contributed by atoms with Crippen molar-refractivity contribution in [3.63, 3.8) is 0 Å². The maximum atomic E-state index is 14.3. The van der Waals surface area contributed by atoms with E-state index < -0.39 is 10.8 Å². The van der Waals surface area contributed by atoms with Gasteiger partial charge in [0.2, 0.25) is 0 Å². The zero-order chi connectivity index (χ0) is 69.1. The summed E-state index contributed by atoms with van der Waals surface area (Å²) in [5.74, 6) is 0.235. The molecule has 12 heteroatoms. The zero-order valence-electron chi connectivity index (χ0n) is 60.6. The van der Waals surface area contributed by atoms with Crippen LogP contribution in [-0.2, 0) is 42.1 Å². The zero-order valence-corrected chi connectivity index (χ0v) is 60.6. The first kappa shape index (κ1) is 74.6. The predicted octanol–water partition coefficient (Wildman–Crippen LogP) is 19.8. The van der Waals surface area contributed by atoms with Gasteiger partial charge in [0.25, 0.3) is 0 Å². The number of aliphatic imine (C=N–C) groups is 4. The summed E-state index contributed by atoms with van der Waals surface area (Å²) in [6, 6.07) is 14.9. The first-order valence-corrected chi connectivity index (χ1v) is 35.3. The summed E-state index contributed by atoms with van der Waals surface area (Å²) in [5, 5.41) is 46.6. The van der Waals surface area contributed by atoms with Crippen LogP contribution < -0.4 is 9.47 Å². The summed E-state index contributed by atoms with van der Waals surface area (Å²) in [6.45, 7) is 38.0. The Labute approximate surface area is 565 Å². The highest BCUT2D eigenvalue weighted by Crippen LogP contribution is 2.42. The minimum atomic E-state index is -0.464. The second kappa shape index (κ2) is 31.4. The van der Waals surface area contributed by atoms with Gasteiger partial charge >= 0.3 is 11.9 Å². The van der Waals surface area contributed by atoms with Crippen LogP contribution in [0.5, 0.6) is 34.5 Å². The van der Waals surface area contributed by atoms with Gasteiger partial charge in [-0.15, -0.1) is 0 Å². The molecule has 0 aromatic heterocycles. The molecule has 3 aliphatic carbocycles. The molecular formula is C82H116N4O8. The largest absolute Gasteiger partial charge is 0.507 e. The molecule has 4 aromatic carbocycles. The van der Waals surface area contributed by atoms with Crippen LogP contribution in [0, 0.1) is 11.8 Å². The Morgan fingerprint density at radius 3 is 0.883 bits per heavy atom. The van der Waals surface area contributed by atoms with E-state index in [4.69, 9.17) is 29.4 Å². The van der Waals surface area contributed by atoms with E-state index in [1.54, 1.807) is 36.7 Å². The number of nitrogens with zero attached hydrogens (tertiary/aromatic N) is 4. The monoisotopic (exact) mass is 1280 g/mol. The summed E-state index contributed by atoms with van der Waals surface area (Å²) in [6.07, 6.45) is 30.2. The molecule has 2 unspecified atom stereocenters. The number of ether oxygens (including phenoxy) is 2. The summed E-state index contributed by atoms with van der Waals surface area (Å²) >= 11 is 0. The number of esters is 2. The van der Waals surface area contributed by atoms with Crippen LogP contribution in [0.3, 0.4) is 0 Å². The molecule has 6 atom stereocenters. The summed E-state index contributed by atoms with van der Waals surface area (Å²) < 4.78 is 12.6. The van der Waals surface area contributed by atoms with Gasteiger partial charge in [0.15, 0.2) is 0 Å². The summed E-state index contributed by atoms with van der Waals surface area (Å²) in [7, 11) is 0. The van der Waals surface area contributed by atoms with Crippen LogP contribution in [0.15, 0.2) is 92.8 Å². The van der Waals surface area contributed by atoms with Gasteiger partial charge in [0.05, 0.1) is 36.0 Å². The lowest BCUT2D eigenvalue weighted by molar-refractivity contribution is -0.140. The van der Waals surface area contributed by atoms with Crippen LogP contribution in [0.25, 0.3) is 0 Å². The third-order valence-electron chi connectivity index (χ3n) is 19.1. The normalized spacial score (nSPS) is 21.6. The van der Waals surface area contributed by atoms with E-state index in [9.17, 15) is 30.0 Å². The predicted molar refractivity (Wildman–Crippen MR) is 390 cm³/mol. The van der Waals surface area contributed by atoms with E-state index in [0.717, 1.165) is 99.3 Å². The Hall–Kier alpha value is -6.82. The number of phenols is 4. The van der Waals surface area contributed by atoms with Gasteiger partial charge in [-0.05, 0) is 170 Å². The molecule has 0 bridgehead atoms. The van der Waals surface area contributed by atoms with Crippen LogP contribution in [-0.4, -0.2) is 81.4 Å². The third-order valence-corrected chi connectivity index (χ3v) is 19.1. The molecule has 512 valence electrons. The van der Waals surface area contributed by atoms with Gasteiger partial charge in [-0.3, -0.25) is 29.6 Å². The number of allylic oxidation sites excluding steroid dienone is 4. The number of phenolic OH excluding ortho intramolecular Hbond substituents is 4. The van der Waals surface area contributed by atoms with Gasteiger partial charge in [0, 0.05) is 69.4 Å². The number of carbonyl (C=O) groups is 2. The Morgan fingerprint density at radius 2 is 0.606 bits per heavy atom. The Morgan fingerprint density at radius 1 is 0.340 bits per heavy atom. The number of aromatic hydroxyl groups is 4. The van der Waals surface area contributed by atoms with E-state index in [0.29, 0.717) is 83.4 Å². The van der Waals surface area contributed by atoms with E-state index in [2.05, 4.69) is 132 Å². The molecule has 0 aliphatic heterocycles. The van der Waals surface area contributed by atoms with Gasteiger partial charge in [-0.1, -0.05) is 187 Å². The molecule has 4 aromatic rings. The quantitative estimate of drug-likeness (QED) is 0.0468. The molecule has 94 heavy (non-hydrogen) atoms. The van der Waals surface area contributed by atoms with Crippen molar-refractivity contribution in [2.45, 2.75) is 297 Å². The molecule has 3 aliphatic rings. The number of hydrogen-bond donors (Lipinski definition) is 4. The lowest BCUT2D eigenvalue weighted by Gasteiger charge is -2.28. The van der Waals surface area contributed by atoms with Crippen LogP contribution in [0.4, 0.5) is 0 Å². The van der Waals surface area contributed by atoms with Crippen molar-refractivity contribution in [1.82, 2.24) is 0 Å². The fraction of sp³-hybridized carbons (Fsp3) is 0.585. The van der Waals surface area contributed by atoms with Crippen molar-refractivity contribution in [1.29, 1.82) is 0 Å². The average Bonchev–Trinajstić information content (AvgIpc) is 0.812. The molecule has 0 saturated heterocycles. The number of rotatable bonds is 12. The molecule has 4 N–H and O–H groups in total. The third kappa shape index (κ3) is 20.6. The Kier molecular flexibility index (Phi) is 24.9. The number of carbonyl (C=O) groups excluding carboxylic acids is 2. The van der Waals surface area contributed by atoms with Crippen molar-refractivity contribution in [2.75, 3.05) is 0 Å². The molecule has 0 heterocycles. The van der Waals surface area contributed by atoms with Crippen molar-refractivity contribution in [2.24, 2.45) is 31.8 Å². The van der Waals surface area contributed by atoms with Gasteiger partial charge in [-0.2, -0.15) is 0 Å². The first-order chi connectivity index (χ1) is 43.9. The highest BCUT2D eigenvalue weighted by molar-refractivity contribution is 5.89. The van der Waals surface area contributed by atoms with Crippen molar-refractivity contribution in [3.05, 3.63) is 128 Å². The topological polar surface area (TPSA) is 183 Å². The second-order valence-electron chi connectivity index (χ2n) is 33.4. The van der Waals surface area contributed by atoms with Gasteiger partial charge in [0.1, 0.15) is 34.5 Å². The molecule has 0 spiro atoms. The number of benzene rings is 4. The lowest BCUT2D eigenvalue weighted by Crippen LogP contribution is -2.27. The molecule has 2 saturated carbocycles. The van der Waals surface area contributed by atoms with Crippen LogP contribution >= 0.6 is 0 Å². The fourth-order valence-electron chi connectivity index (χ4n) is 13.0. The fourth-order valence-corrected chi connectivity index (χ4v) is 13.0. The van der Waals surface area contributed by atoms with E-state index in [1.165, 1.54) is 0 Å². The molecule has 7 rings (SSSR count).